The van der Waals surface area contributed by atoms with Crippen molar-refractivity contribution in [3.63, 3.8) is 0 Å². The minimum atomic E-state index is -2.55. The standard InChI is InChI=1S/C24H26ClFN2OS/c1-13-5-8-17(11-20(13)26)21(10-16-6-7-16)27-24-28-23(15(3)30-24)18-9-14(2)22(29-4)12-19(18)25/h5,8-9,11-12,16,21H,6-7,10H2,1-4H3,(H,27,28)/t21-/m0/s1/i4+1D3. The summed E-state index contributed by atoms with van der Waals surface area (Å²) in [5.74, 6) is 0.670. The van der Waals surface area contributed by atoms with Crippen LogP contribution in [0.25, 0.3) is 11.3 Å². The van der Waals surface area contributed by atoms with Gasteiger partial charge in [0.2, 0.25) is 0 Å². The number of nitrogens with zero attached hydrogens (tertiary/aromatic N) is 1. The van der Waals surface area contributed by atoms with Crippen molar-refractivity contribution >= 4 is 28.1 Å². The Bertz CT molecular complexity index is 1180. The van der Waals surface area contributed by atoms with Crippen molar-refractivity contribution in [2.75, 3.05) is 12.4 Å². The molecule has 1 atom stereocenters. The lowest BCUT2D eigenvalue weighted by Gasteiger charge is -2.19. The number of hydrogen-bond acceptors (Lipinski definition) is 4. The molecule has 3 aromatic rings. The van der Waals surface area contributed by atoms with E-state index in [2.05, 4.69) is 5.32 Å². The lowest BCUT2D eigenvalue weighted by molar-refractivity contribution is 0.412. The summed E-state index contributed by atoms with van der Waals surface area (Å²) in [7, 11) is -2.55. The fourth-order valence-electron chi connectivity index (χ4n) is 3.60. The van der Waals surface area contributed by atoms with Crippen LogP contribution in [-0.2, 0) is 0 Å². The highest BCUT2D eigenvalue weighted by Crippen LogP contribution is 2.42. The predicted octanol–water partition coefficient (Wildman–Crippen LogP) is 7.49. The van der Waals surface area contributed by atoms with E-state index < -0.39 is 7.04 Å². The van der Waals surface area contributed by atoms with Crippen molar-refractivity contribution in [1.82, 2.24) is 4.98 Å². The van der Waals surface area contributed by atoms with Crippen molar-refractivity contribution in [2.24, 2.45) is 5.92 Å². The summed E-state index contributed by atoms with van der Waals surface area (Å²) in [6.07, 6.45) is 3.33. The van der Waals surface area contributed by atoms with Gasteiger partial charge in [0.05, 0.1) is 27.9 Å². The number of aryl methyl sites for hydroxylation is 3. The van der Waals surface area contributed by atoms with Gasteiger partial charge < -0.3 is 10.1 Å². The van der Waals surface area contributed by atoms with E-state index in [0.717, 1.165) is 27.7 Å². The Labute approximate surface area is 190 Å². The molecule has 158 valence electrons. The monoisotopic (exact) mass is 448 g/mol. The summed E-state index contributed by atoms with van der Waals surface area (Å²) in [5, 5.41) is 4.63. The van der Waals surface area contributed by atoms with Crippen LogP contribution in [0.3, 0.4) is 0 Å². The highest BCUT2D eigenvalue weighted by molar-refractivity contribution is 7.16. The lowest BCUT2D eigenvalue weighted by atomic mass is 10.00. The number of ether oxygens (including phenoxy) is 1. The van der Waals surface area contributed by atoms with Gasteiger partial charge in [0, 0.05) is 10.4 Å². The van der Waals surface area contributed by atoms with E-state index in [4.69, 9.17) is 25.4 Å². The van der Waals surface area contributed by atoms with Crippen molar-refractivity contribution in [2.45, 2.75) is 46.1 Å². The van der Waals surface area contributed by atoms with Gasteiger partial charge in [0.25, 0.3) is 0 Å². The smallest absolute Gasteiger partial charge is 0.183 e. The van der Waals surface area contributed by atoms with Gasteiger partial charge in [0.15, 0.2) is 5.13 Å². The van der Waals surface area contributed by atoms with Crippen LogP contribution in [0.2, 0.25) is 5.02 Å². The number of benzene rings is 2. The number of thiazole rings is 1. The molecule has 0 aliphatic heterocycles. The third-order valence-corrected chi connectivity index (χ3v) is 6.80. The van der Waals surface area contributed by atoms with Crippen LogP contribution >= 0.6 is 22.9 Å². The topological polar surface area (TPSA) is 34.1 Å². The molecule has 0 radical (unpaired) electrons. The second-order valence-corrected chi connectivity index (χ2v) is 9.62. The molecule has 1 heterocycles. The first kappa shape index (κ1) is 17.6. The Morgan fingerprint density at radius 2 is 2.07 bits per heavy atom. The van der Waals surface area contributed by atoms with E-state index >= 15 is 0 Å². The normalized spacial score (nSPS) is 16.5. The molecule has 2 aromatic carbocycles. The number of anilines is 1. The second kappa shape index (κ2) is 8.56. The summed E-state index contributed by atoms with van der Waals surface area (Å²) in [6, 6.07) is 8.70. The Morgan fingerprint density at radius 1 is 1.27 bits per heavy atom. The molecule has 0 bridgehead atoms. The molecular weight excluding hydrogens is 420 g/mol. The molecule has 1 aliphatic carbocycles. The molecule has 1 aliphatic rings. The van der Waals surface area contributed by atoms with Gasteiger partial charge in [-0.3, -0.25) is 0 Å². The first-order valence-corrected chi connectivity index (χ1v) is 11.2. The zero-order valence-corrected chi connectivity index (χ0v) is 18.8. The highest BCUT2D eigenvalue weighted by atomic mass is 35.5. The highest BCUT2D eigenvalue weighted by Gasteiger charge is 2.27. The summed E-state index contributed by atoms with van der Waals surface area (Å²) in [5.41, 5.74) is 3.66. The number of rotatable bonds is 7. The largest absolute Gasteiger partial charge is 0.496 e. The van der Waals surface area contributed by atoms with Gasteiger partial charge in [-0.15, -0.1) is 11.3 Å². The maximum absolute atomic E-state index is 14.2. The summed E-state index contributed by atoms with van der Waals surface area (Å²) < 4.78 is 41.3. The number of nitrogens with one attached hydrogen (secondary N) is 1. The number of hydrogen-bond donors (Lipinski definition) is 1. The van der Waals surface area contributed by atoms with Crippen LogP contribution in [0.15, 0.2) is 30.3 Å². The van der Waals surface area contributed by atoms with E-state index in [0.29, 0.717) is 27.6 Å². The third kappa shape index (κ3) is 4.47. The van der Waals surface area contributed by atoms with Crippen LogP contribution in [-0.4, -0.2) is 12.0 Å². The van der Waals surface area contributed by atoms with Crippen LogP contribution in [0.4, 0.5) is 9.52 Å². The number of halogens is 2. The molecule has 1 N–H and O–H groups in total. The van der Waals surface area contributed by atoms with E-state index in [-0.39, 0.29) is 17.6 Å². The fraction of sp³-hybridized carbons (Fsp3) is 0.375. The molecule has 30 heavy (non-hydrogen) atoms. The second-order valence-electron chi connectivity index (χ2n) is 8.01. The number of aromatic nitrogens is 1. The molecular formula is C24H26ClFN2OS. The Balaban J connectivity index is 1.62. The molecule has 4 rings (SSSR count). The van der Waals surface area contributed by atoms with E-state index in [1.807, 2.05) is 19.1 Å². The van der Waals surface area contributed by atoms with E-state index in [1.54, 1.807) is 26.0 Å². The molecule has 0 unspecified atom stereocenters. The van der Waals surface area contributed by atoms with Crippen LogP contribution < -0.4 is 10.1 Å². The number of methoxy groups -OCH3 is 1. The molecule has 1 aromatic heterocycles. The van der Waals surface area contributed by atoms with Gasteiger partial charge in [-0.25, -0.2) is 9.37 Å². The first-order valence-electron chi connectivity index (χ1n) is 11.5. The van der Waals surface area contributed by atoms with Crippen LogP contribution in [0, 0.1) is 32.5 Å². The summed E-state index contributed by atoms with van der Waals surface area (Å²) >= 11 is 8.02. The van der Waals surface area contributed by atoms with Crippen molar-refractivity contribution in [3.05, 3.63) is 62.7 Å². The molecule has 0 spiro atoms. The SMILES string of the molecule is [2H][13C]([2H])([2H])Oc1cc(Cl)c(-c2nc(N[C@@H](CC3CC3)c3ccc(C)c(F)c3)sc2C)cc1C. The summed E-state index contributed by atoms with van der Waals surface area (Å²) in [6.45, 7) is 5.51. The third-order valence-electron chi connectivity index (χ3n) is 5.59. The average Bonchev–Trinajstić information content (AvgIpc) is 3.46. The lowest BCUT2D eigenvalue weighted by Crippen LogP contribution is -2.12. The van der Waals surface area contributed by atoms with Gasteiger partial charge in [-0.05, 0) is 68.0 Å². The molecule has 6 heteroatoms. The van der Waals surface area contributed by atoms with Gasteiger partial charge in [-0.1, -0.05) is 36.6 Å². The Kier molecular flexibility index (Phi) is 5.01. The molecule has 3 nitrogen and oxygen atoms in total. The predicted molar refractivity (Wildman–Crippen MR) is 123 cm³/mol. The zero-order valence-electron chi connectivity index (χ0n) is 20.2. The van der Waals surface area contributed by atoms with Crippen LogP contribution in [0.5, 0.6) is 5.75 Å². The van der Waals surface area contributed by atoms with Crippen LogP contribution in [0.1, 0.15) is 51.0 Å². The quantitative estimate of drug-likeness (QED) is 0.380. The fourth-order valence-corrected chi connectivity index (χ4v) is 4.73. The van der Waals surface area contributed by atoms with Crippen molar-refractivity contribution < 1.29 is 13.2 Å². The van der Waals surface area contributed by atoms with E-state index in [9.17, 15) is 4.39 Å². The molecule has 0 amide bonds. The maximum Gasteiger partial charge on any atom is 0.183 e. The zero-order chi connectivity index (χ0) is 23.9. The molecule has 1 saturated carbocycles. The minimum Gasteiger partial charge on any atom is -0.496 e. The van der Waals surface area contributed by atoms with Crippen molar-refractivity contribution in [1.29, 1.82) is 0 Å². The maximum atomic E-state index is 14.2. The minimum absolute atomic E-state index is 0.0294. The van der Waals surface area contributed by atoms with Gasteiger partial charge in [0.1, 0.15) is 11.6 Å². The van der Waals surface area contributed by atoms with Gasteiger partial charge in [-0.2, -0.15) is 0 Å². The summed E-state index contributed by atoms with van der Waals surface area (Å²) in [4.78, 5) is 5.77. The average molecular weight is 449 g/mol. The van der Waals surface area contributed by atoms with E-state index in [1.165, 1.54) is 30.2 Å². The first-order chi connectivity index (χ1) is 15.5. The Morgan fingerprint density at radius 3 is 2.77 bits per heavy atom. The molecule has 0 saturated heterocycles. The molecule has 1 fully saturated rings. The Hall–Kier alpha value is -2.11. The van der Waals surface area contributed by atoms with Crippen molar-refractivity contribution in [3.8, 4) is 17.0 Å². The van der Waals surface area contributed by atoms with Gasteiger partial charge >= 0.3 is 0 Å².